The Labute approximate surface area is 166 Å². The Morgan fingerprint density at radius 1 is 1.30 bits per heavy atom. The van der Waals surface area contributed by atoms with Crippen LogP contribution in [0.5, 0.6) is 5.75 Å². The fourth-order valence-electron chi connectivity index (χ4n) is 2.87. The van der Waals surface area contributed by atoms with Crippen LogP contribution in [0.3, 0.4) is 0 Å². The summed E-state index contributed by atoms with van der Waals surface area (Å²) >= 11 is 6.02. The first-order valence-electron chi connectivity index (χ1n) is 8.92. The standard InChI is InChI=1S/C18H28ClN3O4S/c1-18(2,3)21-17(23)22-9-7-13(8-10-22)12-20-27(24,25)14-5-6-16(26-4)15(19)11-14/h5-6,11,13,20H,7-10,12H2,1-4H3,(H,21,23). The number of sulfonamides is 1. The topological polar surface area (TPSA) is 87.7 Å². The molecule has 0 aliphatic carbocycles. The molecule has 0 unspecified atom stereocenters. The number of benzene rings is 1. The first-order valence-corrected chi connectivity index (χ1v) is 10.8. The number of halogens is 1. The van der Waals surface area contributed by atoms with E-state index in [2.05, 4.69) is 10.0 Å². The third kappa shape index (κ3) is 6.26. The fraction of sp³-hybridized carbons (Fsp3) is 0.611. The summed E-state index contributed by atoms with van der Waals surface area (Å²) in [7, 11) is -2.17. The van der Waals surface area contributed by atoms with E-state index in [1.54, 1.807) is 4.90 Å². The minimum atomic E-state index is -3.64. The van der Waals surface area contributed by atoms with Gasteiger partial charge in [-0.1, -0.05) is 11.6 Å². The van der Waals surface area contributed by atoms with Crippen molar-refractivity contribution in [2.45, 2.75) is 44.0 Å². The maximum Gasteiger partial charge on any atom is 0.317 e. The number of rotatable bonds is 5. The minimum absolute atomic E-state index is 0.0746. The summed E-state index contributed by atoms with van der Waals surface area (Å²) in [5.41, 5.74) is -0.275. The molecule has 1 aromatic rings. The van der Waals surface area contributed by atoms with E-state index < -0.39 is 10.0 Å². The Morgan fingerprint density at radius 2 is 1.93 bits per heavy atom. The molecular formula is C18H28ClN3O4S. The molecule has 2 rings (SSSR count). The first kappa shape index (κ1) is 21.8. The molecule has 27 heavy (non-hydrogen) atoms. The van der Waals surface area contributed by atoms with Gasteiger partial charge in [-0.25, -0.2) is 17.9 Å². The molecule has 1 aliphatic heterocycles. The van der Waals surface area contributed by atoms with E-state index >= 15 is 0 Å². The van der Waals surface area contributed by atoms with Crippen LogP contribution >= 0.6 is 11.6 Å². The van der Waals surface area contributed by atoms with E-state index in [1.165, 1.54) is 25.3 Å². The number of ether oxygens (including phenoxy) is 1. The lowest BCUT2D eigenvalue weighted by molar-refractivity contribution is 0.163. The third-order valence-corrected chi connectivity index (χ3v) is 6.10. The second-order valence-electron chi connectivity index (χ2n) is 7.76. The van der Waals surface area contributed by atoms with E-state index in [0.717, 1.165) is 12.8 Å². The van der Waals surface area contributed by atoms with Crippen LogP contribution in [0.4, 0.5) is 4.79 Å². The molecule has 152 valence electrons. The van der Waals surface area contributed by atoms with E-state index in [-0.39, 0.29) is 27.4 Å². The number of likely N-dealkylation sites (tertiary alicyclic amines) is 1. The van der Waals surface area contributed by atoms with Crippen LogP contribution < -0.4 is 14.8 Å². The monoisotopic (exact) mass is 417 g/mol. The van der Waals surface area contributed by atoms with Gasteiger partial charge >= 0.3 is 6.03 Å². The minimum Gasteiger partial charge on any atom is -0.495 e. The van der Waals surface area contributed by atoms with E-state index in [9.17, 15) is 13.2 Å². The van der Waals surface area contributed by atoms with Crippen LogP contribution in [0.1, 0.15) is 33.6 Å². The Hall–Kier alpha value is -1.51. The highest BCUT2D eigenvalue weighted by atomic mass is 35.5. The smallest absolute Gasteiger partial charge is 0.317 e. The van der Waals surface area contributed by atoms with Crippen molar-refractivity contribution in [3.05, 3.63) is 23.2 Å². The van der Waals surface area contributed by atoms with Crippen molar-refractivity contribution >= 4 is 27.7 Å². The van der Waals surface area contributed by atoms with E-state index in [4.69, 9.17) is 16.3 Å². The van der Waals surface area contributed by atoms with Crippen molar-refractivity contribution in [3.8, 4) is 5.75 Å². The molecule has 2 N–H and O–H groups in total. The van der Waals surface area contributed by atoms with Gasteiger partial charge in [-0.3, -0.25) is 0 Å². The highest BCUT2D eigenvalue weighted by Crippen LogP contribution is 2.27. The lowest BCUT2D eigenvalue weighted by atomic mass is 9.97. The zero-order chi connectivity index (χ0) is 20.2. The lowest BCUT2D eigenvalue weighted by Crippen LogP contribution is -2.51. The van der Waals surface area contributed by atoms with E-state index in [0.29, 0.717) is 25.4 Å². The maximum atomic E-state index is 12.5. The van der Waals surface area contributed by atoms with Crippen molar-refractivity contribution in [2.75, 3.05) is 26.7 Å². The molecule has 0 bridgehead atoms. The summed E-state index contributed by atoms with van der Waals surface area (Å²) in [6.45, 7) is 7.39. The Bertz CT molecular complexity index is 769. The molecule has 7 nitrogen and oxygen atoms in total. The summed E-state index contributed by atoms with van der Waals surface area (Å²) < 4.78 is 32.6. The molecule has 0 spiro atoms. The number of urea groups is 1. The van der Waals surface area contributed by atoms with Crippen molar-refractivity contribution in [1.29, 1.82) is 0 Å². The number of carbonyl (C=O) groups excluding carboxylic acids is 1. The Morgan fingerprint density at radius 3 is 2.44 bits per heavy atom. The zero-order valence-electron chi connectivity index (χ0n) is 16.2. The van der Waals surface area contributed by atoms with Gasteiger partial charge in [-0.2, -0.15) is 0 Å². The first-order chi connectivity index (χ1) is 12.5. The number of nitrogens with zero attached hydrogens (tertiary/aromatic N) is 1. The van der Waals surface area contributed by atoms with Crippen LogP contribution in [-0.4, -0.2) is 51.6 Å². The molecule has 0 saturated carbocycles. The summed E-state index contributed by atoms with van der Waals surface area (Å²) in [4.78, 5) is 14.1. The summed E-state index contributed by atoms with van der Waals surface area (Å²) in [5, 5.41) is 3.20. The number of nitrogens with one attached hydrogen (secondary N) is 2. The van der Waals surface area contributed by atoms with Gasteiger partial charge in [-0.15, -0.1) is 0 Å². The van der Waals surface area contributed by atoms with Crippen molar-refractivity contribution in [2.24, 2.45) is 5.92 Å². The number of hydrogen-bond donors (Lipinski definition) is 2. The largest absolute Gasteiger partial charge is 0.495 e. The molecule has 1 saturated heterocycles. The van der Waals surface area contributed by atoms with Gasteiger partial charge in [0.05, 0.1) is 17.0 Å². The highest BCUT2D eigenvalue weighted by Gasteiger charge is 2.26. The average Bonchev–Trinajstić information content (AvgIpc) is 2.59. The van der Waals surface area contributed by atoms with Crippen LogP contribution in [0.25, 0.3) is 0 Å². The molecule has 0 atom stereocenters. The Balaban J connectivity index is 1.87. The third-order valence-electron chi connectivity index (χ3n) is 4.38. The van der Waals surface area contributed by atoms with Crippen LogP contribution in [0.2, 0.25) is 5.02 Å². The molecule has 1 aromatic carbocycles. The summed E-state index contributed by atoms with van der Waals surface area (Å²) in [5.74, 6) is 0.615. The summed E-state index contributed by atoms with van der Waals surface area (Å²) in [6, 6.07) is 4.30. The van der Waals surface area contributed by atoms with Gasteiger partial charge in [0.2, 0.25) is 10.0 Å². The van der Waals surface area contributed by atoms with Crippen molar-refractivity contribution in [1.82, 2.24) is 14.9 Å². The number of hydrogen-bond acceptors (Lipinski definition) is 4. The molecule has 0 aromatic heterocycles. The molecule has 1 fully saturated rings. The zero-order valence-corrected chi connectivity index (χ0v) is 17.8. The predicted molar refractivity (Wildman–Crippen MR) is 106 cm³/mol. The maximum absolute atomic E-state index is 12.5. The van der Waals surface area contributed by atoms with Crippen LogP contribution in [-0.2, 0) is 10.0 Å². The molecule has 2 amide bonds. The molecular weight excluding hydrogens is 390 g/mol. The highest BCUT2D eigenvalue weighted by molar-refractivity contribution is 7.89. The van der Waals surface area contributed by atoms with Gasteiger partial charge < -0.3 is 15.0 Å². The second-order valence-corrected chi connectivity index (χ2v) is 9.93. The van der Waals surface area contributed by atoms with Gasteiger partial charge in [0, 0.05) is 25.2 Å². The van der Waals surface area contributed by atoms with Gasteiger partial charge in [0.15, 0.2) is 0 Å². The number of carbonyl (C=O) groups is 1. The molecule has 1 heterocycles. The van der Waals surface area contributed by atoms with Gasteiger partial charge in [0.25, 0.3) is 0 Å². The molecule has 0 radical (unpaired) electrons. The van der Waals surface area contributed by atoms with Crippen LogP contribution in [0.15, 0.2) is 23.1 Å². The normalized spacial score (nSPS) is 16.3. The quantitative estimate of drug-likeness (QED) is 0.771. The fourth-order valence-corrected chi connectivity index (χ4v) is 4.33. The number of amides is 2. The van der Waals surface area contributed by atoms with Gasteiger partial charge in [0.1, 0.15) is 5.75 Å². The van der Waals surface area contributed by atoms with E-state index in [1.807, 2.05) is 20.8 Å². The SMILES string of the molecule is COc1ccc(S(=O)(=O)NCC2CCN(C(=O)NC(C)(C)C)CC2)cc1Cl. The number of piperidine rings is 1. The lowest BCUT2D eigenvalue weighted by Gasteiger charge is -2.34. The predicted octanol–water partition coefficient (Wildman–Crippen LogP) is 2.85. The van der Waals surface area contributed by atoms with Crippen molar-refractivity contribution < 1.29 is 17.9 Å². The van der Waals surface area contributed by atoms with Crippen LogP contribution in [0, 0.1) is 5.92 Å². The molecule has 1 aliphatic rings. The second kappa shape index (κ2) is 8.67. The average molecular weight is 418 g/mol. The van der Waals surface area contributed by atoms with Crippen molar-refractivity contribution in [3.63, 3.8) is 0 Å². The van der Waals surface area contributed by atoms with Gasteiger partial charge in [-0.05, 0) is 57.7 Å². The summed E-state index contributed by atoms with van der Waals surface area (Å²) in [6.07, 6.45) is 1.51. The molecule has 9 heteroatoms. The number of methoxy groups -OCH3 is 1. The Kier molecular flexibility index (Phi) is 6.99.